The second kappa shape index (κ2) is 16.9. The zero-order chi connectivity index (χ0) is 43.2. The number of aromatic hydroxyl groups is 2. The summed E-state index contributed by atoms with van der Waals surface area (Å²) in [6, 6.07) is 1.09. The molecule has 1 unspecified atom stereocenters. The molecule has 0 aliphatic carbocycles. The number of aliphatic hydroxyl groups is 4. The summed E-state index contributed by atoms with van der Waals surface area (Å²) >= 11 is 0. The lowest BCUT2D eigenvalue weighted by Crippen LogP contribution is -2.50. The number of carbonyl (C=O) groups excluding carboxylic acids is 3. The highest BCUT2D eigenvalue weighted by Gasteiger charge is 2.50. The van der Waals surface area contributed by atoms with Crippen LogP contribution in [0, 0.1) is 24.7 Å². The summed E-state index contributed by atoms with van der Waals surface area (Å²) in [5.74, 6) is -7.18. The van der Waals surface area contributed by atoms with Gasteiger partial charge in [-0.3, -0.25) is 14.4 Å². The zero-order valence-corrected chi connectivity index (χ0v) is 34.8. The van der Waals surface area contributed by atoms with Gasteiger partial charge in [0.2, 0.25) is 0 Å². The number of ether oxygens (including phenoxy) is 4. The van der Waals surface area contributed by atoms with Crippen molar-refractivity contribution in [3.8, 4) is 17.2 Å². The molecule has 0 saturated carbocycles. The van der Waals surface area contributed by atoms with Gasteiger partial charge in [0.15, 0.2) is 5.75 Å². The number of allylic oxidation sites excluding steroid dienone is 2. The Bertz CT molecular complexity index is 2020. The van der Waals surface area contributed by atoms with Gasteiger partial charge in [-0.1, -0.05) is 39.0 Å². The van der Waals surface area contributed by atoms with Gasteiger partial charge in [-0.25, -0.2) is 0 Å². The van der Waals surface area contributed by atoms with Crippen molar-refractivity contribution in [1.29, 1.82) is 0 Å². The Hall–Kier alpha value is -4.67. The average Bonchev–Trinajstić information content (AvgIpc) is 3.76. The molecular weight excluding hydrogens is 752 g/mol. The van der Waals surface area contributed by atoms with Gasteiger partial charge in [-0.2, -0.15) is 0 Å². The van der Waals surface area contributed by atoms with Crippen LogP contribution in [-0.2, 0) is 23.8 Å². The standard InChI is InChI=1S/C43H58N2O13/c1-20-13-11-16-42(8,54)39(51)24(5)34(48)22(3)37(57-26(7)47)21(2)30(55-10)15-18-56-43(9)40(52)33-31-29(45-17-12-14-28(45)25(6)46)19-27(44-41(20)53)36(50)32(31)35(49)23(4)38(33)58-43/h11,13,15-16,18-19,21-22,24-25,28,30,34,37,39,46,48-51,54H,12,14,17H2,1-10H3,(H,44,53)/b16-11+,18-15+,20-13-/t21-,22+,24-,25-,28+,30-,34-,37?,39+,42+,43-/m0/s1. The van der Waals surface area contributed by atoms with Crippen molar-refractivity contribution < 1.29 is 64.0 Å². The molecule has 0 aromatic heterocycles. The second-order valence-electron chi connectivity index (χ2n) is 16.4. The van der Waals surface area contributed by atoms with Crippen LogP contribution in [0.1, 0.15) is 84.2 Å². The number of rotatable bonds is 4. The van der Waals surface area contributed by atoms with E-state index in [0.717, 1.165) is 0 Å². The molecule has 2 aromatic carbocycles. The van der Waals surface area contributed by atoms with Crippen molar-refractivity contribution in [2.75, 3.05) is 23.9 Å². The molecule has 0 radical (unpaired) electrons. The molecule has 4 aliphatic heterocycles. The SMILES string of the molecule is CO[C@H]1/C=C/O[C@@]2(C)Oc3c(C)c(O)c4c(O)c(cc(N5CCC[C@@H]5[C@H](C)O)c4c3C2=O)NC(=O)/C(C)=C\C=C\[C@@](C)(O)[C@H](O)[C@@H](C)[C@@H](O)[C@@H](C)C(OC(C)=O)[C@H]1C. The van der Waals surface area contributed by atoms with Crippen LogP contribution in [0.2, 0.25) is 0 Å². The number of aliphatic hydroxyl groups excluding tert-OH is 3. The molecule has 7 N–H and O–H groups in total. The molecule has 1 amide bonds. The fraction of sp³-hybridized carbons (Fsp3) is 0.558. The van der Waals surface area contributed by atoms with E-state index in [9.17, 15) is 45.0 Å². The van der Waals surface area contributed by atoms with Crippen molar-refractivity contribution in [3.63, 3.8) is 0 Å². The minimum atomic E-state index is -1.98. The Morgan fingerprint density at radius 3 is 2.34 bits per heavy atom. The number of phenols is 2. The van der Waals surface area contributed by atoms with Crippen LogP contribution in [0.3, 0.4) is 0 Å². The molecule has 15 nitrogen and oxygen atoms in total. The molecule has 1 fully saturated rings. The normalized spacial score (nSPS) is 34.9. The number of hydrogen-bond acceptors (Lipinski definition) is 14. The van der Waals surface area contributed by atoms with E-state index in [4.69, 9.17) is 18.9 Å². The minimum Gasteiger partial charge on any atom is -0.507 e. The first kappa shape index (κ1) is 44.4. The summed E-state index contributed by atoms with van der Waals surface area (Å²) in [5.41, 5.74) is -1.35. The Morgan fingerprint density at radius 2 is 1.72 bits per heavy atom. The van der Waals surface area contributed by atoms with Crippen molar-refractivity contribution in [1.82, 2.24) is 0 Å². The number of Topliss-reactive ketones (excluding diaryl/α,β-unsaturated/α-hetero) is 1. The Balaban J connectivity index is 1.73. The quantitative estimate of drug-likeness (QED) is 0.167. The summed E-state index contributed by atoms with van der Waals surface area (Å²) in [6.07, 6.45) is 2.66. The van der Waals surface area contributed by atoms with Crippen LogP contribution in [0.15, 0.2) is 42.2 Å². The van der Waals surface area contributed by atoms with E-state index in [0.29, 0.717) is 25.1 Å². The first-order valence-corrected chi connectivity index (χ1v) is 19.6. The van der Waals surface area contributed by atoms with Gasteiger partial charge >= 0.3 is 11.8 Å². The fourth-order valence-corrected chi connectivity index (χ4v) is 8.50. The molecule has 58 heavy (non-hydrogen) atoms. The molecule has 2 aromatic rings. The van der Waals surface area contributed by atoms with Crippen LogP contribution in [0.5, 0.6) is 17.2 Å². The van der Waals surface area contributed by atoms with E-state index < -0.39 is 94.9 Å². The predicted octanol–water partition coefficient (Wildman–Crippen LogP) is 4.51. The number of fused-ring (bicyclic) bond motifs is 14. The highest BCUT2D eigenvalue weighted by atomic mass is 16.7. The first-order chi connectivity index (χ1) is 27.1. The highest BCUT2D eigenvalue weighted by molar-refractivity contribution is 6.23. The number of amides is 1. The van der Waals surface area contributed by atoms with E-state index in [1.807, 2.05) is 4.90 Å². The third kappa shape index (κ3) is 8.15. The first-order valence-electron chi connectivity index (χ1n) is 19.6. The van der Waals surface area contributed by atoms with Crippen LogP contribution in [0.25, 0.3) is 10.8 Å². The van der Waals surface area contributed by atoms with E-state index in [1.54, 1.807) is 27.7 Å². The largest absolute Gasteiger partial charge is 0.507 e. The maximum atomic E-state index is 14.6. The monoisotopic (exact) mass is 810 g/mol. The van der Waals surface area contributed by atoms with Crippen molar-refractivity contribution >= 4 is 39.8 Å². The maximum Gasteiger partial charge on any atom is 0.312 e. The number of ketones is 1. The smallest absolute Gasteiger partial charge is 0.312 e. The molecule has 0 spiro atoms. The third-order valence-electron chi connectivity index (χ3n) is 12.0. The molecular formula is C43H58N2O13. The van der Waals surface area contributed by atoms with Gasteiger partial charge in [-0.05, 0) is 52.7 Å². The molecule has 4 aliphatic rings. The van der Waals surface area contributed by atoms with Crippen molar-refractivity contribution in [2.45, 2.75) is 123 Å². The van der Waals surface area contributed by atoms with Gasteiger partial charge in [0.1, 0.15) is 23.2 Å². The predicted molar refractivity (Wildman–Crippen MR) is 216 cm³/mol. The Labute approximate surface area is 338 Å². The lowest BCUT2D eigenvalue weighted by Gasteiger charge is -2.39. The molecule has 318 valence electrons. The number of carbonyl (C=O) groups is 3. The number of esters is 1. The van der Waals surface area contributed by atoms with Crippen molar-refractivity contribution in [2.24, 2.45) is 17.8 Å². The van der Waals surface area contributed by atoms with Crippen LogP contribution >= 0.6 is 0 Å². The van der Waals surface area contributed by atoms with Crippen molar-refractivity contribution in [3.05, 3.63) is 53.3 Å². The van der Waals surface area contributed by atoms with Gasteiger partial charge in [0, 0.05) is 67.5 Å². The van der Waals surface area contributed by atoms with Gasteiger partial charge < -0.3 is 59.8 Å². The summed E-state index contributed by atoms with van der Waals surface area (Å²) < 4.78 is 23.8. The fourth-order valence-electron chi connectivity index (χ4n) is 8.50. The Morgan fingerprint density at radius 1 is 1.05 bits per heavy atom. The number of phenolic OH excluding ortho intramolecular Hbond substituents is 2. The zero-order valence-electron chi connectivity index (χ0n) is 34.8. The highest BCUT2D eigenvalue weighted by Crippen LogP contribution is 2.54. The summed E-state index contributed by atoms with van der Waals surface area (Å²) in [4.78, 5) is 42.5. The van der Waals surface area contributed by atoms with Gasteiger partial charge in [-0.15, -0.1) is 0 Å². The second-order valence-corrected chi connectivity index (χ2v) is 16.4. The topological polar surface area (TPSA) is 225 Å². The number of methoxy groups -OCH3 is 1. The molecule has 6 rings (SSSR count). The van der Waals surface area contributed by atoms with Gasteiger partial charge in [0.25, 0.3) is 11.7 Å². The van der Waals surface area contributed by atoms with Crippen LogP contribution < -0.4 is 15.0 Å². The molecule has 5 bridgehead atoms. The summed E-state index contributed by atoms with van der Waals surface area (Å²) in [5, 5.41) is 71.3. The van der Waals surface area contributed by atoms with E-state index in [1.165, 1.54) is 78.4 Å². The lowest BCUT2D eigenvalue weighted by atomic mass is 9.77. The number of benzene rings is 2. The van der Waals surface area contributed by atoms with E-state index >= 15 is 0 Å². The summed E-state index contributed by atoms with van der Waals surface area (Å²) in [7, 11) is 1.43. The Kier molecular flexibility index (Phi) is 12.9. The number of anilines is 2. The molecule has 15 heteroatoms. The number of nitrogens with one attached hydrogen (secondary N) is 1. The number of hydrogen-bond donors (Lipinski definition) is 7. The molecule has 11 atom stereocenters. The van der Waals surface area contributed by atoms with E-state index in [2.05, 4.69) is 5.32 Å². The third-order valence-corrected chi connectivity index (χ3v) is 12.0. The number of nitrogens with zero attached hydrogens (tertiary/aromatic N) is 1. The van der Waals surface area contributed by atoms with Gasteiger partial charge in [0.05, 0.1) is 53.4 Å². The average molecular weight is 811 g/mol. The summed E-state index contributed by atoms with van der Waals surface area (Å²) in [6.45, 7) is 14.0. The molecule has 4 heterocycles. The van der Waals surface area contributed by atoms with E-state index in [-0.39, 0.29) is 38.9 Å². The minimum absolute atomic E-state index is 0.0220. The van der Waals surface area contributed by atoms with Crippen LogP contribution in [0.4, 0.5) is 11.4 Å². The lowest BCUT2D eigenvalue weighted by molar-refractivity contribution is -0.162. The molecule has 1 saturated heterocycles. The maximum absolute atomic E-state index is 14.6. The van der Waals surface area contributed by atoms with Crippen LogP contribution in [-0.4, -0.2) is 110 Å².